The van der Waals surface area contributed by atoms with E-state index in [-0.39, 0.29) is 17.2 Å². The highest BCUT2D eigenvalue weighted by molar-refractivity contribution is 8.00. The van der Waals surface area contributed by atoms with Crippen molar-refractivity contribution in [3.8, 4) is 28.2 Å². The van der Waals surface area contributed by atoms with E-state index in [1.54, 1.807) is 16.4 Å². The van der Waals surface area contributed by atoms with Crippen LogP contribution in [0, 0.1) is 6.92 Å². The minimum Gasteiger partial charge on any atom is -0.319 e. The molecule has 0 saturated heterocycles. The van der Waals surface area contributed by atoms with Crippen LogP contribution < -0.4 is 10.9 Å². The molecule has 8 nitrogen and oxygen atoms in total. The number of fused-ring (bicyclic) bond motifs is 3. The van der Waals surface area contributed by atoms with E-state index < -0.39 is 5.25 Å². The highest BCUT2D eigenvalue weighted by atomic mass is 32.2. The molecule has 0 aliphatic heterocycles. The predicted octanol–water partition coefficient (Wildman–Crippen LogP) is 4.98. The Hall–Kier alpha value is -4.24. The molecule has 5 aromatic rings. The molecule has 1 aliphatic carbocycles. The van der Waals surface area contributed by atoms with Gasteiger partial charge in [-0.1, -0.05) is 73.3 Å². The van der Waals surface area contributed by atoms with Gasteiger partial charge in [-0.05, 0) is 30.9 Å². The van der Waals surface area contributed by atoms with Crippen molar-refractivity contribution < 1.29 is 4.79 Å². The van der Waals surface area contributed by atoms with Gasteiger partial charge in [0.1, 0.15) is 17.1 Å². The number of anilines is 1. The van der Waals surface area contributed by atoms with Crippen molar-refractivity contribution in [2.75, 3.05) is 5.32 Å². The van der Waals surface area contributed by atoms with Gasteiger partial charge in [-0.3, -0.25) is 14.3 Å². The van der Waals surface area contributed by atoms with Crippen LogP contribution in [0.25, 0.3) is 39.0 Å². The van der Waals surface area contributed by atoms with Crippen molar-refractivity contribution in [1.82, 2.24) is 24.5 Å². The molecule has 2 aromatic heterocycles. The third-order valence-corrected chi connectivity index (χ3v) is 8.01. The van der Waals surface area contributed by atoms with E-state index >= 15 is 0 Å². The largest absolute Gasteiger partial charge is 0.319 e. The van der Waals surface area contributed by atoms with Crippen LogP contribution in [0.1, 0.15) is 19.0 Å². The number of nitrogens with one attached hydrogen (secondary N) is 1. The number of hydrogen-bond acceptors (Lipinski definition) is 6. The molecule has 1 aliphatic rings. The maximum atomic E-state index is 13.3. The smallest absolute Gasteiger partial charge is 0.295 e. The molecule has 0 spiro atoms. The van der Waals surface area contributed by atoms with Gasteiger partial charge in [-0.15, -0.1) is 10.2 Å². The van der Waals surface area contributed by atoms with E-state index in [9.17, 15) is 9.59 Å². The third kappa shape index (κ3) is 3.74. The number of nitrogens with zero attached hydrogens (tertiary/aromatic N) is 5. The lowest BCUT2D eigenvalue weighted by molar-refractivity contribution is -0.115. The van der Waals surface area contributed by atoms with E-state index in [0.717, 1.165) is 39.0 Å². The van der Waals surface area contributed by atoms with E-state index in [1.165, 1.54) is 11.8 Å². The Balaban J connectivity index is 1.28. The number of thioether (sulfide) groups is 1. The first-order valence-electron chi connectivity index (χ1n) is 12.1. The highest BCUT2D eigenvalue weighted by Crippen LogP contribution is 2.45. The minimum absolute atomic E-state index is 0.269. The molecule has 3 aromatic carbocycles. The number of para-hydroxylation sites is 1. The Morgan fingerprint density at radius 3 is 2.38 bits per heavy atom. The van der Waals surface area contributed by atoms with Gasteiger partial charge in [0.05, 0.1) is 16.6 Å². The Labute approximate surface area is 217 Å². The van der Waals surface area contributed by atoms with Crippen molar-refractivity contribution in [2.45, 2.75) is 30.7 Å². The summed E-state index contributed by atoms with van der Waals surface area (Å²) in [5, 5.41) is 13.9. The number of aromatic nitrogens is 5. The van der Waals surface area contributed by atoms with Crippen molar-refractivity contribution in [3.63, 3.8) is 0 Å². The van der Waals surface area contributed by atoms with Gasteiger partial charge < -0.3 is 5.32 Å². The summed E-state index contributed by atoms with van der Waals surface area (Å²) >= 11 is 1.26. The molecule has 184 valence electrons. The van der Waals surface area contributed by atoms with Gasteiger partial charge in [0, 0.05) is 23.6 Å². The maximum Gasteiger partial charge on any atom is 0.295 e. The first-order valence-corrected chi connectivity index (χ1v) is 12.9. The summed E-state index contributed by atoms with van der Waals surface area (Å²) in [6.45, 7) is 3.74. The second-order valence-corrected chi connectivity index (χ2v) is 10.1. The lowest BCUT2D eigenvalue weighted by atomic mass is 10.0. The zero-order valence-corrected chi connectivity index (χ0v) is 21.4. The number of hydrogen-bond donors (Lipinski definition) is 1. The molecule has 0 saturated carbocycles. The van der Waals surface area contributed by atoms with Crippen molar-refractivity contribution in [2.24, 2.45) is 7.05 Å². The molecule has 2 heterocycles. The fourth-order valence-electron chi connectivity index (χ4n) is 4.83. The maximum absolute atomic E-state index is 13.3. The number of carbonyl (C=O) groups is 1. The summed E-state index contributed by atoms with van der Waals surface area (Å²) in [6, 6.07) is 21.6. The lowest BCUT2D eigenvalue weighted by Gasteiger charge is -2.13. The molecule has 0 fully saturated rings. The van der Waals surface area contributed by atoms with Crippen LogP contribution in [-0.4, -0.2) is 35.7 Å². The summed E-state index contributed by atoms with van der Waals surface area (Å²) in [5.74, 6) is -0.270. The fourth-order valence-corrected chi connectivity index (χ4v) is 5.65. The molecular formula is C28H24N6O2S. The van der Waals surface area contributed by atoms with Gasteiger partial charge in [0.2, 0.25) is 11.1 Å². The van der Waals surface area contributed by atoms with E-state index in [4.69, 9.17) is 4.98 Å². The van der Waals surface area contributed by atoms with Gasteiger partial charge in [0.25, 0.3) is 5.56 Å². The quantitative estimate of drug-likeness (QED) is 0.319. The molecule has 6 rings (SSSR count). The van der Waals surface area contributed by atoms with Crippen LogP contribution in [-0.2, 0) is 11.8 Å². The standard InChI is InChI=1S/C28H24N6O2S/c1-4-21(26(35)29-23-16(2)33(3)34(27(23)36)18-12-6-5-7-13-18)37-28-30-24-19-14-8-10-17-11-9-15-20(22(17)19)25(24)31-32-28/h5-15,21H,4H2,1-3H3,(H,29,35). The number of amides is 1. The van der Waals surface area contributed by atoms with Crippen LogP contribution in [0.15, 0.2) is 76.7 Å². The molecule has 1 unspecified atom stereocenters. The topological polar surface area (TPSA) is 94.7 Å². The molecule has 37 heavy (non-hydrogen) atoms. The molecule has 0 bridgehead atoms. The normalized spacial score (nSPS) is 12.5. The highest BCUT2D eigenvalue weighted by Gasteiger charge is 2.28. The van der Waals surface area contributed by atoms with Gasteiger partial charge in [-0.25, -0.2) is 9.67 Å². The SMILES string of the molecule is CCC(Sc1nnc2c(n1)-c1cccc3cccc-2c13)C(=O)Nc1c(C)n(C)n(-c2ccccc2)c1=O. The molecular weight excluding hydrogens is 484 g/mol. The molecule has 1 atom stereocenters. The average molecular weight is 509 g/mol. The summed E-state index contributed by atoms with van der Waals surface area (Å²) < 4.78 is 3.29. The predicted molar refractivity (Wildman–Crippen MR) is 146 cm³/mol. The molecule has 1 amide bonds. The lowest BCUT2D eigenvalue weighted by Crippen LogP contribution is -2.28. The summed E-state index contributed by atoms with van der Waals surface area (Å²) in [6.07, 6.45) is 0.533. The number of rotatable bonds is 6. The van der Waals surface area contributed by atoms with Gasteiger partial charge >= 0.3 is 0 Å². The Morgan fingerprint density at radius 1 is 0.973 bits per heavy atom. The van der Waals surface area contributed by atoms with Crippen molar-refractivity contribution in [3.05, 3.63) is 82.8 Å². The van der Waals surface area contributed by atoms with Crippen LogP contribution >= 0.6 is 11.8 Å². The monoisotopic (exact) mass is 508 g/mol. The first-order chi connectivity index (χ1) is 18.0. The van der Waals surface area contributed by atoms with Crippen LogP contribution in [0.3, 0.4) is 0 Å². The Bertz CT molecular complexity index is 1740. The van der Waals surface area contributed by atoms with Crippen LogP contribution in [0.4, 0.5) is 5.69 Å². The van der Waals surface area contributed by atoms with E-state index in [0.29, 0.717) is 17.3 Å². The Kier molecular flexibility index (Phi) is 5.64. The molecule has 0 radical (unpaired) electrons. The van der Waals surface area contributed by atoms with Crippen LogP contribution in [0.5, 0.6) is 0 Å². The zero-order chi connectivity index (χ0) is 25.7. The van der Waals surface area contributed by atoms with Crippen molar-refractivity contribution in [1.29, 1.82) is 0 Å². The summed E-state index contributed by atoms with van der Waals surface area (Å²) in [5.41, 5.74) is 4.99. The third-order valence-electron chi connectivity index (χ3n) is 6.80. The second kappa shape index (κ2) is 9.01. The molecule has 1 N–H and O–H groups in total. The fraction of sp³-hybridized carbons (Fsp3) is 0.179. The Morgan fingerprint density at radius 2 is 1.68 bits per heavy atom. The zero-order valence-electron chi connectivity index (χ0n) is 20.6. The first kappa shape index (κ1) is 23.2. The number of carbonyl (C=O) groups excluding carboxylic acids is 1. The summed E-state index contributed by atoms with van der Waals surface area (Å²) in [7, 11) is 1.80. The van der Waals surface area contributed by atoms with Crippen LogP contribution in [0.2, 0.25) is 0 Å². The average Bonchev–Trinajstić information content (AvgIpc) is 3.35. The van der Waals surface area contributed by atoms with Crippen molar-refractivity contribution >= 4 is 34.1 Å². The summed E-state index contributed by atoms with van der Waals surface area (Å²) in [4.78, 5) is 31.3. The van der Waals surface area contributed by atoms with E-state index in [1.807, 2.05) is 68.4 Å². The minimum atomic E-state index is -0.497. The second-order valence-electron chi connectivity index (χ2n) is 8.94. The van der Waals surface area contributed by atoms with E-state index in [2.05, 4.69) is 27.6 Å². The molecule has 9 heteroatoms. The van der Waals surface area contributed by atoms with Gasteiger partial charge in [-0.2, -0.15) is 0 Å². The van der Waals surface area contributed by atoms with Gasteiger partial charge in [0.15, 0.2) is 0 Å². The number of benzene rings is 3.